The van der Waals surface area contributed by atoms with Crippen molar-refractivity contribution in [3.8, 4) is 10.4 Å². The SMILES string of the molecule is O=C(O)CCNc1ncnc2sc(-c3ccccc3)cc12. The second-order valence-electron chi connectivity index (χ2n) is 4.49. The molecular weight excluding hydrogens is 286 g/mol. The fraction of sp³-hybridized carbons (Fsp3) is 0.133. The van der Waals surface area contributed by atoms with Crippen molar-refractivity contribution in [1.82, 2.24) is 9.97 Å². The van der Waals surface area contributed by atoms with Crippen LogP contribution in [0.5, 0.6) is 0 Å². The van der Waals surface area contributed by atoms with Crippen LogP contribution in [0.4, 0.5) is 5.82 Å². The number of hydrogen-bond acceptors (Lipinski definition) is 5. The lowest BCUT2D eigenvalue weighted by atomic mass is 10.2. The van der Waals surface area contributed by atoms with Crippen molar-refractivity contribution in [3.63, 3.8) is 0 Å². The van der Waals surface area contributed by atoms with Crippen LogP contribution < -0.4 is 5.32 Å². The Bertz CT molecular complexity index is 771. The second-order valence-corrected chi connectivity index (χ2v) is 5.52. The van der Waals surface area contributed by atoms with E-state index in [0.717, 1.165) is 20.7 Å². The van der Waals surface area contributed by atoms with Gasteiger partial charge in [0.15, 0.2) is 0 Å². The topological polar surface area (TPSA) is 75.1 Å². The molecule has 3 rings (SSSR count). The van der Waals surface area contributed by atoms with Crippen LogP contribution in [0.15, 0.2) is 42.7 Å². The number of carboxylic acids is 1. The van der Waals surface area contributed by atoms with E-state index in [9.17, 15) is 4.79 Å². The van der Waals surface area contributed by atoms with E-state index in [4.69, 9.17) is 5.11 Å². The number of carbonyl (C=O) groups is 1. The number of anilines is 1. The molecule has 2 aromatic heterocycles. The van der Waals surface area contributed by atoms with Crippen LogP contribution in [0.3, 0.4) is 0 Å². The molecule has 0 saturated heterocycles. The van der Waals surface area contributed by atoms with Gasteiger partial charge in [-0.05, 0) is 11.6 Å². The highest BCUT2D eigenvalue weighted by molar-refractivity contribution is 7.21. The van der Waals surface area contributed by atoms with Crippen LogP contribution in [0.1, 0.15) is 6.42 Å². The monoisotopic (exact) mass is 299 g/mol. The number of fused-ring (bicyclic) bond motifs is 1. The van der Waals surface area contributed by atoms with Gasteiger partial charge in [-0.1, -0.05) is 30.3 Å². The predicted octanol–water partition coefficient (Wildman–Crippen LogP) is 3.24. The molecule has 0 aliphatic carbocycles. The Labute approximate surface area is 125 Å². The molecule has 0 spiro atoms. The van der Waals surface area contributed by atoms with E-state index in [1.165, 1.54) is 6.33 Å². The highest BCUT2D eigenvalue weighted by atomic mass is 32.1. The zero-order chi connectivity index (χ0) is 14.7. The minimum atomic E-state index is -0.830. The Kier molecular flexibility index (Phi) is 3.79. The minimum absolute atomic E-state index is 0.0567. The number of hydrogen-bond donors (Lipinski definition) is 2. The number of nitrogens with one attached hydrogen (secondary N) is 1. The summed E-state index contributed by atoms with van der Waals surface area (Å²) in [6, 6.07) is 12.1. The minimum Gasteiger partial charge on any atom is -0.481 e. The fourth-order valence-electron chi connectivity index (χ4n) is 2.03. The summed E-state index contributed by atoms with van der Waals surface area (Å²) >= 11 is 1.60. The van der Waals surface area contributed by atoms with Gasteiger partial charge < -0.3 is 10.4 Å². The first-order chi connectivity index (χ1) is 10.2. The van der Waals surface area contributed by atoms with Gasteiger partial charge in [0.1, 0.15) is 17.0 Å². The van der Waals surface area contributed by atoms with Crippen LogP contribution in [-0.2, 0) is 4.79 Å². The number of benzene rings is 1. The molecule has 0 aliphatic heterocycles. The third-order valence-electron chi connectivity index (χ3n) is 3.02. The summed E-state index contributed by atoms with van der Waals surface area (Å²) in [7, 11) is 0. The Balaban J connectivity index is 1.92. The fourth-order valence-corrected chi connectivity index (χ4v) is 3.03. The lowest BCUT2D eigenvalue weighted by Crippen LogP contribution is -2.08. The van der Waals surface area contributed by atoms with Gasteiger partial charge in [0, 0.05) is 11.4 Å². The van der Waals surface area contributed by atoms with E-state index in [0.29, 0.717) is 12.4 Å². The van der Waals surface area contributed by atoms with E-state index in [-0.39, 0.29) is 6.42 Å². The molecule has 0 atom stereocenters. The Morgan fingerprint density at radius 2 is 2.05 bits per heavy atom. The standard InChI is InChI=1S/C15H13N3O2S/c19-13(20)6-7-16-14-11-8-12(10-4-2-1-3-5-10)21-15(11)18-9-17-14/h1-5,8-9H,6-7H2,(H,19,20)(H,16,17,18). The van der Waals surface area contributed by atoms with Gasteiger partial charge >= 0.3 is 5.97 Å². The van der Waals surface area contributed by atoms with Crippen LogP contribution in [0.2, 0.25) is 0 Å². The zero-order valence-electron chi connectivity index (χ0n) is 11.1. The number of nitrogens with zero attached hydrogens (tertiary/aromatic N) is 2. The summed E-state index contributed by atoms with van der Waals surface area (Å²) in [5, 5.41) is 12.7. The summed E-state index contributed by atoms with van der Waals surface area (Å²) in [5.41, 5.74) is 1.14. The smallest absolute Gasteiger partial charge is 0.305 e. The number of thiophene rings is 1. The van der Waals surface area contributed by atoms with Crippen LogP contribution in [0.25, 0.3) is 20.7 Å². The van der Waals surface area contributed by atoms with Gasteiger partial charge in [-0.15, -0.1) is 11.3 Å². The quantitative estimate of drug-likeness (QED) is 0.756. The Hall–Kier alpha value is -2.47. The van der Waals surface area contributed by atoms with Gasteiger partial charge in [0.05, 0.1) is 11.8 Å². The lowest BCUT2D eigenvalue weighted by Gasteiger charge is -2.03. The molecule has 0 bridgehead atoms. The normalized spacial score (nSPS) is 10.7. The van der Waals surface area contributed by atoms with Gasteiger partial charge in [-0.3, -0.25) is 4.79 Å². The number of rotatable bonds is 5. The first kappa shape index (κ1) is 13.5. The summed E-state index contributed by atoms with van der Waals surface area (Å²) in [6.07, 6.45) is 1.55. The van der Waals surface area contributed by atoms with Crippen molar-refractivity contribution in [2.45, 2.75) is 6.42 Å². The predicted molar refractivity (Wildman–Crippen MR) is 83.6 cm³/mol. The molecule has 106 valence electrons. The first-order valence-corrected chi connectivity index (χ1v) is 7.31. The molecule has 5 nitrogen and oxygen atoms in total. The number of aliphatic carboxylic acids is 1. The summed E-state index contributed by atoms with van der Waals surface area (Å²) < 4.78 is 0. The van der Waals surface area contributed by atoms with Gasteiger partial charge in [-0.25, -0.2) is 9.97 Å². The van der Waals surface area contributed by atoms with Crippen LogP contribution in [-0.4, -0.2) is 27.6 Å². The van der Waals surface area contributed by atoms with Crippen molar-refractivity contribution in [3.05, 3.63) is 42.7 Å². The van der Waals surface area contributed by atoms with Crippen LogP contribution >= 0.6 is 11.3 Å². The largest absolute Gasteiger partial charge is 0.481 e. The van der Waals surface area contributed by atoms with E-state index < -0.39 is 5.97 Å². The molecule has 1 aromatic carbocycles. The average molecular weight is 299 g/mol. The molecular formula is C15H13N3O2S. The first-order valence-electron chi connectivity index (χ1n) is 6.49. The number of aromatic nitrogens is 2. The van der Waals surface area contributed by atoms with Crippen molar-refractivity contribution < 1.29 is 9.90 Å². The summed E-state index contributed by atoms with van der Waals surface area (Å²) in [5.74, 6) is -0.150. The van der Waals surface area contributed by atoms with E-state index in [1.54, 1.807) is 11.3 Å². The Morgan fingerprint density at radius 1 is 1.24 bits per heavy atom. The van der Waals surface area contributed by atoms with Gasteiger partial charge in [-0.2, -0.15) is 0 Å². The summed E-state index contributed by atoms with van der Waals surface area (Å²) in [4.78, 5) is 21.1. The second kappa shape index (κ2) is 5.88. The average Bonchev–Trinajstić information content (AvgIpc) is 2.93. The Morgan fingerprint density at radius 3 is 2.81 bits per heavy atom. The maximum absolute atomic E-state index is 10.6. The lowest BCUT2D eigenvalue weighted by molar-refractivity contribution is -0.136. The molecule has 0 amide bonds. The third-order valence-corrected chi connectivity index (χ3v) is 4.11. The highest BCUT2D eigenvalue weighted by Crippen LogP contribution is 2.34. The molecule has 0 saturated carbocycles. The molecule has 6 heteroatoms. The molecule has 2 N–H and O–H groups in total. The molecule has 0 radical (unpaired) electrons. The molecule has 0 fully saturated rings. The summed E-state index contributed by atoms with van der Waals surface area (Å²) in [6.45, 7) is 0.345. The number of carboxylic acid groups (broad SMARTS) is 1. The molecule has 2 heterocycles. The van der Waals surface area contributed by atoms with Crippen molar-refractivity contribution in [2.24, 2.45) is 0 Å². The molecule has 3 aromatic rings. The third kappa shape index (κ3) is 3.00. The van der Waals surface area contributed by atoms with Crippen molar-refractivity contribution in [2.75, 3.05) is 11.9 Å². The van der Waals surface area contributed by atoms with Gasteiger partial charge in [0.25, 0.3) is 0 Å². The zero-order valence-corrected chi connectivity index (χ0v) is 11.9. The molecule has 0 aliphatic rings. The van der Waals surface area contributed by atoms with E-state index >= 15 is 0 Å². The molecule has 0 unspecified atom stereocenters. The van der Waals surface area contributed by atoms with Gasteiger partial charge in [0.2, 0.25) is 0 Å². The van der Waals surface area contributed by atoms with Crippen molar-refractivity contribution in [1.29, 1.82) is 0 Å². The van der Waals surface area contributed by atoms with E-state index in [1.807, 2.05) is 24.3 Å². The maximum atomic E-state index is 10.6. The molecule has 21 heavy (non-hydrogen) atoms. The van der Waals surface area contributed by atoms with Crippen LogP contribution in [0, 0.1) is 0 Å². The highest BCUT2D eigenvalue weighted by Gasteiger charge is 2.10. The van der Waals surface area contributed by atoms with Crippen molar-refractivity contribution >= 4 is 33.3 Å². The van der Waals surface area contributed by atoms with E-state index in [2.05, 4.69) is 27.4 Å². The maximum Gasteiger partial charge on any atom is 0.305 e.